The molecule has 4 aliphatic rings. The van der Waals surface area contributed by atoms with E-state index in [4.69, 9.17) is 0 Å². The topological polar surface area (TPSA) is 41.5 Å². The summed E-state index contributed by atoms with van der Waals surface area (Å²) in [7, 11) is 0. The van der Waals surface area contributed by atoms with Gasteiger partial charge in [-0.25, -0.2) is 5.43 Å². The fourth-order valence-electron chi connectivity index (χ4n) is 5.32. The van der Waals surface area contributed by atoms with Gasteiger partial charge in [-0.3, -0.25) is 4.79 Å². The van der Waals surface area contributed by atoms with Crippen LogP contribution in [0, 0.1) is 35.5 Å². The molecule has 0 radical (unpaired) electrons. The lowest BCUT2D eigenvalue weighted by Gasteiger charge is -2.20. The predicted octanol–water partition coefficient (Wildman–Crippen LogP) is 2.96. The molecular weight excluding hydrogens is 236 g/mol. The largest absolute Gasteiger partial charge is 0.273 e. The summed E-state index contributed by atoms with van der Waals surface area (Å²) < 4.78 is 0. The normalized spacial score (nSPS) is 47.4. The van der Waals surface area contributed by atoms with Crippen LogP contribution in [-0.4, -0.2) is 12.1 Å². The van der Waals surface area contributed by atoms with Gasteiger partial charge in [0.2, 0.25) is 5.91 Å². The third-order valence-electron chi connectivity index (χ3n) is 6.31. The Morgan fingerprint density at radius 3 is 2.26 bits per heavy atom. The maximum atomic E-state index is 12.1. The Kier molecular flexibility index (Phi) is 2.89. The van der Waals surface area contributed by atoms with Crippen molar-refractivity contribution in [2.75, 3.05) is 0 Å². The maximum absolute atomic E-state index is 12.1. The van der Waals surface area contributed by atoms with Gasteiger partial charge < -0.3 is 0 Å². The van der Waals surface area contributed by atoms with Crippen molar-refractivity contribution in [3.8, 4) is 0 Å². The molecule has 0 saturated heterocycles. The molecule has 0 aromatic carbocycles. The van der Waals surface area contributed by atoms with Crippen molar-refractivity contribution in [1.29, 1.82) is 0 Å². The zero-order valence-electron chi connectivity index (χ0n) is 11.6. The van der Waals surface area contributed by atoms with Gasteiger partial charge in [-0.1, -0.05) is 12.8 Å². The Bertz CT molecular complexity index is 406. The molecule has 4 saturated carbocycles. The highest BCUT2D eigenvalue weighted by Crippen LogP contribution is 2.48. The number of amides is 1. The highest BCUT2D eigenvalue weighted by Gasteiger charge is 2.43. The van der Waals surface area contributed by atoms with E-state index in [2.05, 4.69) is 10.5 Å². The van der Waals surface area contributed by atoms with Crippen molar-refractivity contribution >= 4 is 12.1 Å². The molecule has 4 bridgehead atoms. The number of rotatable bonds is 3. The second kappa shape index (κ2) is 4.60. The minimum absolute atomic E-state index is 0.187. The molecule has 0 aromatic rings. The number of hydrogen-bond donors (Lipinski definition) is 1. The summed E-state index contributed by atoms with van der Waals surface area (Å²) in [4.78, 5) is 12.1. The van der Waals surface area contributed by atoms with Crippen LogP contribution in [0.15, 0.2) is 5.10 Å². The number of nitrogens with one attached hydrogen (secondary N) is 1. The van der Waals surface area contributed by atoms with Crippen molar-refractivity contribution in [3.63, 3.8) is 0 Å². The molecular formula is C16H24N2O. The van der Waals surface area contributed by atoms with E-state index in [9.17, 15) is 4.79 Å². The molecule has 3 heteroatoms. The van der Waals surface area contributed by atoms with E-state index in [0.29, 0.717) is 11.8 Å². The summed E-state index contributed by atoms with van der Waals surface area (Å²) in [5.74, 6) is 4.37. The molecule has 0 aliphatic heterocycles. The SMILES string of the molecule is O=C(N/N=C\[C@H]1C[C@@H]2CC[C@@H]1C2)[C@@H]1C[C@@H]2CC[C@@H]1C2. The van der Waals surface area contributed by atoms with Crippen LogP contribution in [0.5, 0.6) is 0 Å². The molecule has 0 unspecified atom stereocenters. The first kappa shape index (κ1) is 11.9. The lowest BCUT2D eigenvalue weighted by Crippen LogP contribution is -2.31. The van der Waals surface area contributed by atoms with E-state index in [1.165, 1.54) is 44.9 Å². The van der Waals surface area contributed by atoms with Crippen LogP contribution >= 0.6 is 0 Å². The quantitative estimate of drug-likeness (QED) is 0.615. The second-order valence-electron chi connectivity index (χ2n) is 7.37. The van der Waals surface area contributed by atoms with Crippen LogP contribution in [0.4, 0.5) is 0 Å². The second-order valence-corrected chi connectivity index (χ2v) is 7.37. The summed E-state index contributed by atoms with van der Waals surface area (Å²) in [6.07, 6.45) is 12.5. The van der Waals surface area contributed by atoms with Crippen LogP contribution in [0.1, 0.15) is 51.4 Å². The van der Waals surface area contributed by atoms with E-state index in [-0.39, 0.29) is 11.8 Å². The molecule has 0 heterocycles. The number of carbonyl (C=O) groups excluding carboxylic acids is 1. The average Bonchev–Trinajstić information content (AvgIpc) is 3.18. The summed E-state index contributed by atoms with van der Waals surface area (Å²) in [5.41, 5.74) is 2.83. The fraction of sp³-hybridized carbons (Fsp3) is 0.875. The van der Waals surface area contributed by atoms with Gasteiger partial charge in [0.1, 0.15) is 0 Å². The van der Waals surface area contributed by atoms with Gasteiger partial charge in [0.25, 0.3) is 0 Å². The van der Waals surface area contributed by atoms with Gasteiger partial charge in [-0.15, -0.1) is 0 Å². The molecule has 0 spiro atoms. The summed E-state index contributed by atoms with van der Waals surface area (Å²) in [6, 6.07) is 0. The summed E-state index contributed by atoms with van der Waals surface area (Å²) >= 11 is 0. The highest BCUT2D eigenvalue weighted by molar-refractivity contribution is 5.80. The first-order valence-electron chi connectivity index (χ1n) is 8.12. The van der Waals surface area contributed by atoms with Crippen LogP contribution in [-0.2, 0) is 4.79 Å². The minimum atomic E-state index is 0.187. The number of nitrogens with zero attached hydrogens (tertiary/aromatic N) is 1. The smallest absolute Gasteiger partial charge is 0.243 e. The number of hydrogen-bond acceptors (Lipinski definition) is 2. The molecule has 1 amide bonds. The average molecular weight is 260 g/mol. The van der Waals surface area contributed by atoms with Gasteiger partial charge in [-0.2, -0.15) is 5.10 Å². The van der Waals surface area contributed by atoms with Gasteiger partial charge in [0.15, 0.2) is 0 Å². The molecule has 4 aliphatic carbocycles. The van der Waals surface area contributed by atoms with Gasteiger partial charge in [-0.05, 0) is 68.1 Å². The molecule has 3 nitrogen and oxygen atoms in total. The lowest BCUT2D eigenvalue weighted by molar-refractivity contribution is -0.126. The van der Waals surface area contributed by atoms with Crippen molar-refractivity contribution in [2.24, 2.45) is 40.6 Å². The zero-order valence-corrected chi connectivity index (χ0v) is 11.6. The molecule has 1 N–H and O–H groups in total. The van der Waals surface area contributed by atoms with Crippen molar-refractivity contribution in [2.45, 2.75) is 51.4 Å². The maximum Gasteiger partial charge on any atom is 0.243 e. The van der Waals surface area contributed by atoms with Crippen molar-refractivity contribution in [1.82, 2.24) is 5.43 Å². The van der Waals surface area contributed by atoms with E-state index in [1.54, 1.807) is 0 Å². The Hall–Kier alpha value is -0.860. The Labute approximate surface area is 115 Å². The van der Waals surface area contributed by atoms with Crippen LogP contribution in [0.2, 0.25) is 0 Å². The van der Waals surface area contributed by atoms with E-state index >= 15 is 0 Å². The van der Waals surface area contributed by atoms with E-state index in [0.717, 1.165) is 24.2 Å². The van der Waals surface area contributed by atoms with E-state index < -0.39 is 0 Å². The third kappa shape index (κ3) is 2.11. The highest BCUT2D eigenvalue weighted by atomic mass is 16.2. The Morgan fingerprint density at radius 2 is 1.68 bits per heavy atom. The first-order chi connectivity index (χ1) is 9.29. The molecule has 0 aromatic heterocycles. The molecule has 19 heavy (non-hydrogen) atoms. The molecule has 4 fully saturated rings. The monoisotopic (exact) mass is 260 g/mol. The predicted molar refractivity (Wildman–Crippen MR) is 74.5 cm³/mol. The van der Waals surface area contributed by atoms with Crippen LogP contribution in [0.25, 0.3) is 0 Å². The van der Waals surface area contributed by atoms with Gasteiger partial charge in [0.05, 0.1) is 0 Å². The number of carbonyl (C=O) groups is 1. The van der Waals surface area contributed by atoms with Gasteiger partial charge in [0, 0.05) is 12.1 Å². The minimum Gasteiger partial charge on any atom is -0.273 e. The zero-order chi connectivity index (χ0) is 12.8. The fourth-order valence-corrected chi connectivity index (χ4v) is 5.32. The van der Waals surface area contributed by atoms with Crippen molar-refractivity contribution in [3.05, 3.63) is 0 Å². The van der Waals surface area contributed by atoms with Crippen LogP contribution in [0.3, 0.4) is 0 Å². The Balaban J connectivity index is 1.29. The molecule has 6 atom stereocenters. The summed E-state index contributed by atoms with van der Waals surface area (Å²) in [5, 5.41) is 4.28. The molecule has 104 valence electrons. The van der Waals surface area contributed by atoms with Gasteiger partial charge >= 0.3 is 0 Å². The van der Waals surface area contributed by atoms with Crippen molar-refractivity contribution < 1.29 is 4.79 Å². The standard InChI is InChI=1S/C16H24N2O/c19-16(15-8-11-2-4-13(15)6-11)18-17-9-14-7-10-1-3-12(14)5-10/h9-15H,1-8H2,(H,18,19)/b17-9-/t10-,11-,12-,13-,14-,15-/m1/s1. The number of hydrazone groups is 1. The third-order valence-corrected chi connectivity index (χ3v) is 6.31. The number of fused-ring (bicyclic) bond motifs is 4. The van der Waals surface area contributed by atoms with E-state index in [1.807, 2.05) is 6.21 Å². The summed E-state index contributed by atoms with van der Waals surface area (Å²) in [6.45, 7) is 0. The van der Waals surface area contributed by atoms with Crippen LogP contribution < -0.4 is 5.43 Å². The Morgan fingerprint density at radius 1 is 0.947 bits per heavy atom. The first-order valence-corrected chi connectivity index (χ1v) is 8.12. The lowest BCUT2D eigenvalue weighted by atomic mass is 9.88. The molecule has 4 rings (SSSR count).